The van der Waals surface area contributed by atoms with Crippen molar-refractivity contribution in [1.29, 1.82) is 5.41 Å². The summed E-state index contributed by atoms with van der Waals surface area (Å²) in [7, 11) is 0. The van der Waals surface area contributed by atoms with Crippen molar-refractivity contribution in [3.8, 4) is 5.75 Å². The standard InChI is InChI=1S/C34H34F2N4O3/c1-23(26-10-12-27(13-11-26)29(41)20-31(37)43-22-25-6-4-3-5-7-25)39-33-32-30(16-17-38-33)42-19-18-40(32)21-24-8-14-28(15-9-24)34(2,35)36/h3-17,23,37H,18-22H2,1-2H3,(H,38,39). The maximum Gasteiger partial charge on any atom is 0.270 e. The first-order chi connectivity index (χ1) is 20.7. The molecule has 0 spiro atoms. The topological polar surface area (TPSA) is 87.5 Å². The number of benzene rings is 3. The smallest absolute Gasteiger partial charge is 0.270 e. The molecule has 9 heteroatoms. The lowest BCUT2D eigenvalue weighted by Gasteiger charge is -2.33. The molecule has 2 N–H and O–H groups in total. The molecule has 0 saturated heterocycles. The number of pyridine rings is 1. The average Bonchev–Trinajstić information content (AvgIpc) is 3.00. The van der Waals surface area contributed by atoms with E-state index in [0.717, 1.165) is 29.3 Å². The molecule has 2 heterocycles. The molecule has 5 rings (SSSR count). The number of anilines is 2. The third-order valence-electron chi connectivity index (χ3n) is 7.32. The summed E-state index contributed by atoms with van der Waals surface area (Å²) >= 11 is 0. The summed E-state index contributed by atoms with van der Waals surface area (Å²) in [5.74, 6) is -1.80. The van der Waals surface area contributed by atoms with Crippen molar-refractivity contribution in [3.05, 3.63) is 119 Å². The highest BCUT2D eigenvalue weighted by atomic mass is 19.3. The Morgan fingerprint density at radius 3 is 2.47 bits per heavy atom. The normalized spacial score (nSPS) is 13.4. The number of nitrogens with one attached hydrogen (secondary N) is 2. The van der Waals surface area contributed by atoms with Crippen LogP contribution in [-0.2, 0) is 23.8 Å². The summed E-state index contributed by atoms with van der Waals surface area (Å²) in [5, 5.41) is 11.5. The van der Waals surface area contributed by atoms with Crippen LogP contribution in [0, 0.1) is 5.41 Å². The van der Waals surface area contributed by atoms with E-state index >= 15 is 0 Å². The summed E-state index contributed by atoms with van der Waals surface area (Å²) in [5.41, 5.74) is 4.09. The molecule has 0 bridgehead atoms. The van der Waals surface area contributed by atoms with E-state index in [4.69, 9.17) is 14.9 Å². The van der Waals surface area contributed by atoms with E-state index in [1.54, 1.807) is 30.5 Å². The third kappa shape index (κ3) is 7.54. The molecule has 1 aliphatic rings. The number of fused-ring (bicyclic) bond motifs is 1. The number of carbonyl (C=O) groups excluding carboxylic acids is 1. The molecule has 1 aliphatic heterocycles. The highest BCUT2D eigenvalue weighted by Gasteiger charge is 2.26. The van der Waals surface area contributed by atoms with Gasteiger partial charge in [0.05, 0.1) is 19.0 Å². The molecule has 43 heavy (non-hydrogen) atoms. The van der Waals surface area contributed by atoms with Gasteiger partial charge in [-0.3, -0.25) is 10.2 Å². The number of rotatable bonds is 11. The first-order valence-electron chi connectivity index (χ1n) is 14.1. The number of hydrogen-bond donors (Lipinski definition) is 2. The molecular formula is C34H34F2N4O3. The van der Waals surface area contributed by atoms with E-state index in [9.17, 15) is 13.6 Å². The molecule has 0 amide bonds. The fourth-order valence-electron chi connectivity index (χ4n) is 4.91. The van der Waals surface area contributed by atoms with Gasteiger partial charge >= 0.3 is 0 Å². The van der Waals surface area contributed by atoms with Gasteiger partial charge in [0, 0.05) is 36.9 Å². The van der Waals surface area contributed by atoms with Crippen LogP contribution >= 0.6 is 0 Å². The van der Waals surface area contributed by atoms with Crippen molar-refractivity contribution in [2.75, 3.05) is 23.4 Å². The molecule has 1 atom stereocenters. The van der Waals surface area contributed by atoms with Gasteiger partial charge in [-0.25, -0.2) is 13.8 Å². The summed E-state index contributed by atoms with van der Waals surface area (Å²) in [4.78, 5) is 19.5. The largest absolute Gasteiger partial charge is 0.489 e. The van der Waals surface area contributed by atoms with Gasteiger partial charge in [0.1, 0.15) is 24.7 Å². The Balaban J connectivity index is 1.23. The van der Waals surface area contributed by atoms with Crippen LogP contribution < -0.4 is 15.0 Å². The third-order valence-corrected chi connectivity index (χ3v) is 7.32. The first-order valence-corrected chi connectivity index (χ1v) is 14.1. The van der Waals surface area contributed by atoms with Crippen LogP contribution in [0.2, 0.25) is 0 Å². The molecular weight excluding hydrogens is 550 g/mol. The molecule has 1 unspecified atom stereocenters. The number of ether oxygens (including phenoxy) is 2. The predicted molar refractivity (Wildman–Crippen MR) is 163 cm³/mol. The van der Waals surface area contributed by atoms with Gasteiger partial charge < -0.3 is 19.7 Å². The fourth-order valence-corrected chi connectivity index (χ4v) is 4.91. The maximum atomic E-state index is 13.7. The Kier molecular flexibility index (Phi) is 8.99. The van der Waals surface area contributed by atoms with Crippen LogP contribution in [0.25, 0.3) is 0 Å². The summed E-state index contributed by atoms with van der Waals surface area (Å²) in [6.07, 6.45) is 1.57. The van der Waals surface area contributed by atoms with Crippen LogP contribution in [0.1, 0.15) is 58.9 Å². The molecule has 0 radical (unpaired) electrons. The van der Waals surface area contributed by atoms with Crippen molar-refractivity contribution in [2.45, 2.75) is 45.4 Å². The highest BCUT2D eigenvalue weighted by molar-refractivity contribution is 6.06. The Morgan fingerprint density at radius 1 is 1.05 bits per heavy atom. The number of alkyl halides is 2. The molecule has 1 aromatic heterocycles. The zero-order chi connectivity index (χ0) is 30.4. The Hall–Kier alpha value is -4.79. The minimum Gasteiger partial charge on any atom is -0.489 e. The van der Waals surface area contributed by atoms with E-state index in [2.05, 4.69) is 15.2 Å². The minimum atomic E-state index is -2.88. The molecule has 4 aromatic rings. The van der Waals surface area contributed by atoms with Crippen LogP contribution in [0.3, 0.4) is 0 Å². The van der Waals surface area contributed by atoms with Gasteiger partial charge in [-0.15, -0.1) is 0 Å². The van der Waals surface area contributed by atoms with Crippen LogP contribution in [0.5, 0.6) is 5.75 Å². The molecule has 0 fully saturated rings. The molecule has 0 aliphatic carbocycles. The number of aromatic nitrogens is 1. The van der Waals surface area contributed by atoms with Gasteiger partial charge in [0.2, 0.25) is 0 Å². The molecule has 7 nitrogen and oxygen atoms in total. The summed E-state index contributed by atoms with van der Waals surface area (Å²) in [6, 6.07) is 24.9. The second-order valence-corrected chi connectivity index (χ2v) is 10.6. The van der Waals surface area contributed by atoms with Crippen molar-refractivity contribution in [2.24, 2.45) is 0 Å². The minimum absolute atomic E-state index is 0.0150. The SMILES string of the molecule is CC(Nc1nccc2c1N(Cc1ccc(C(C)(F)F)cc1)CCO2)c1ccc(C(=O)CC(=N)OCc2ccccc2)cc1. The Bertz CT molecular complexity index is 1560. The monoisotopic (exact) mass is 584 g/mol. The quantitative estimate of drug-likeness (QED) is 0.108. The number of carbonyl (C=O) groups is 1. The summed E-state index contributed by atoms with van der Waals surface area (Å²) in [6.45, 7) is 4.78. The highest BCUT2D eigenvalue weighted by Crippen LogP contribution is 2.39. The zero-order valence-electron chi connectivity index (χ0n) is 24.1. The second-order valence-electron chi connectivity index (χ2n) is 10.6. The number of Topliss-reactive ketones (excluding diaryl/α,β-unsaturated/α-hetero) is 1. The van der Waals surface area contributed by atoms with Crippen LogP contribution in [0.4, 0.5) is 20.3 Å². The second kappa shape index (κ2) is 13.0. The summed E-state index contributed by atoms with van der Waals surface area (Å²) < 4.78 is 38.7. The van der Waals surface area contributed by atoms with Crippen molar-refractivity contribution >= 4 is 23.2 Å². The molecule has 222 valence electrons. The molecule has 0 saturated carbocycles. The lowest BCUT2D eigenvalue weighted by molar-refractivity contribution is 0.0174. The average molecular weight is 585 g/mol. The van der Waals surface area contributed by atoms with Crippen molar-refractivity contribution < 1.29 is 23.0 Å². The van der Waals surface area contributed by atoms with E-state index in [-0.39, 0.29) is 36.3 Å². The molecule has 3 aromatic carbocycles. The predicted octanol–water partition coefficient (Wildman–Crippen LogP) is 7.53. The first kappa shape index (κ1) is 29.7. The maximum absolute atomic E-state index is 13.7. The Morgan fingerprint density at radius 2 is 1.77 bits per heavy atom. The van der Waals surface area contributed by atoms with E-state index in [1.807, 2.05) is 55.5 Å². The van der Waals surface area contributed by atoms with E-state index in [0.29, 0.717) is 36.8 Å². The lowest BCUT2D eigenvalue weighted by atomic mass is 10.0. The number of hydrogen-bond acceptors (Lipinski definition) is 7. The van der Waals surface area contributed by atoms with Crippen LogP contribution in [0.15, 0.2) is 91.1 Å². The van der Waals surface area contributed by atoms with Gasteiger partial charge in [0.25, 0.3) is 5.92 Å². The van der Waals surface area contributed by atoms with Crippen molar-refractivity contribution in [1.82, 2.24) is 4.98 Å². The number of nitrogens with zero attached hydrogens (tertiary/aromatic N) is 2. The van der Waals surface area contributed by atoms with Crippen LogP contribution in [-0.4, -0.2) is 29.8 Å². The zero-order valence-corrected chi connectivity index (χ0v) is 24.1. The number of ketones is 1. The van der Waals surface area contributed by atoms with Gasteiger partial charge in [-0.1, -0.05) is 78.9 Å². The van der Waals surface area contributed by atoms with Crippen molar-refractivity contribution in [3.63, 3.8) is 0 Å². The van der Waals surface area contributed by atoms with E-state index < -0.39 is 5.92 Å². The van der Waals surface area contributed by atoms with Gasteiger partial charge in [-0.05, 0) is 23.6 Å². The fraction of sp³-hybridized carbons (Fsp3) is 0.265. The lowest BCUT2D eigenvalue weighted by Crippen LogP contribution is -2.33. The van der Waals surface area contributed by atoms with Gasteiger partial charge in [-0.2, -0.15) is 0 Å². The number of halogens is 2. The van der Waals surface area contributed by atoms with E-state index in [1.165, 1.54) is 12.1 Å². The Labute approximate surface area is 250 Å². The van der Waals surface area contributed by atoms with Gasteiger partial charge in [0.15, 0.2) is 17.5 Å².